The summed E-state index contributed by atoms with van der Waals surface area (Å²) in [5.74, 6) is 2.06. The zero-order chi connectivity index (χ0) is 15.5. The molecule has 3 heterocycles. The minimum atomic E-state index is -0.123. The minimum absolute atomic E-state index is 0.123. The lowest BCUT2D eigenvalue weighted by Gasteiger charge is -2.36. The number of hydrogen-bond donors (Lipinski definition) is 0. The number of ether oxygens (including phenoxy) is 1. The molecule has 0 radical (unpaired) electrons. The van der Waals surface area contributed by atoms with Crippen LogP contribution in [0.4, 0.5) is 0 Å². The van der Waals surface area contributed by atoms with E-state index < -0.39 is 0 Å². The maximum atomic E-state index is 12.5. The molecule has 122 valence electrons. The quantitative estimate of drug-likeness (QED) is 0.830. The van der Waals surface area contributed by atoms with Gasteiger partial charge in [0.25, 0.3) is 0 Å². The molecule has 0 spiro atoms. The number of aryl methyl sites for hydroxylation is 1. The van der Waals surface area contributed by atoms with Crippen LogP contribution < -0.4 is 0 Å². The van der Waals surface area contributed by atoms with Gasteiger partial charge in [0.15, 0.2) is 5.82 Å². The van der Waals surface area contributed by atoms with Crippen LogP contribution in [0.3, 0.4) is 0 Å². The normalized spacial score (nSPS) is 24.6. The minimum Gasteiger partial charge on any atom is -0.378 e. The van der Waals surface area contributed by atoms with Gasteiger partial charge in [-0.3, -0.25) is 9.69 Å². The van der Waals surface area contributed by atoms with Crippen LogP contribution in [0.15, 0.2) is 4.52 Å². The van der Waals surface area contributed by atoms with Crippen molar-refractivity contribution in [3.8, 4) is 0 Å². The number of morpholine rings is 1. The number of aromatic nitrogens is 2. The highest BCUT2D eigenvalue weighted by molar-refractivity contribution is 5.78. The number of rotatable bonds is 3. The summed E-state index contributed by atoms with van der Waals surface area (Å²) in [6.45, 7) is 8.01. The second-order valence-corrected chi connectivity index (χ2v) is 6.30. The molecule has 0 unspecified atom stereocenters. The van der Waals surface area contributed by atoms with Crippen molar-refractivity contribution >= 4 is 5.91 Å². The summed E-state index contributed by atoms with van der Waals surface area (Å²) in [5, 5.41) is 3.84. The maximum absolute atomic E-state index is 12.5. The number of piperidine rings is 1. The van der Waals surface area contributed by atoms with Crippen LogP contribution >= 0.6 is 0 Å². The van der Waals surface area contributed by atoms with Crippen LogP contribution in [0, 0.1) is 12.8 Å². The molecule has 0 aliphatic carbocycles. The maximum Gasteiger partial charge on any atom is 0.246 e. The van der Waals surface area contributed by atoms with Gasteiger partial charge in [-0.2, -0.15) is 4.98 Å². The fourth-order valence-electron chi connectivity index (χ4n) is 3.03. The summed E-state index contributed by atoms with van der Waals surface area (Å²) >= 11 is 0. The fourth-order valence-corrected chi connectivity index (χ4v) is 3.03. The first-order chi connectivity index (χ1) is 10.6. The molecule has 3 rings (SSSR count). The average molecular weight is 308 g/mol. The van der Waals surface area contributed by atoms with Crippen LogP contribution in [-0.2, 0) is 9.53 Å². The molecule has 2 fully saturated rings. The van der Waals surface area contributed by atoms with Gasteiger partial charge in [-0.05, 0) is 25.7 Å². The molecular formula is C15H24N4O3. The lowest BCUT2D eigenvalue weighted by atomic mass is 9.99. The summed E-state index contributed by atoms with van der Waals surface area (Å²) in [6, 6.07) is -0.123. The highest BCUT2D eigenvalue weighted by atomic mass is 16.5. The third-order valence-electron chi connectivity index (χ3n) is 4.54. The largest absolute Gasteiger partial charge is 0.378 e. The third kappa shape index (κ3) is 3.47. The molecule has 1 atom stereocenters. The van der Waals surface area contributed by atoms with Crippen molar-refractivity contribution in [2.75, 3.05) is 39.4 Å². The average Bonchev–Trinajstić information content (AvgIpc) is 2.95. The van der Waals surface area contributed by atoms with Gasteiger partial charge < -0.3 is 14.2 Å². The number of carbonyl (C=O) groups excluding carboxylic acids is 1. The van der Waals surface area contributed by atoms with E-state index in [4.69, 9.17) is 9.26 Å². The van der Waals surface area contributed by atoms with Crippen LogP contribution in [0.25, 0.3) is 0 Å². The van der Waals surface area contributed by atoms with E-state index >= 15 is 0 Å². The summed E-state index contributed by atoms with van der Waals surface area (Å²) < 4.78 is 10.8. The zero-order valence-electron chi connectivity index (χ0n) is 13.3. The predicted octanol–water partition coefficient (Wildman–Crippen LogP) is 1.01. The Morgan fingerprint density at radius 2 is 2.09 bits per heavy atom. The van der Waals surface area contributed by atoms with Crippen molar-refractivity contribution in [2.24, 2.45) is 5.92 Å². The van der Waals surface area contributed by atoms with Gasteiger partial charge >= 0.3 is 0 Å². The fraction of sp³-hybridized carbons (Fsp3) is 0.800. The molecule has 0 bridgehead atoms. The van der Waals surface area contributed by atoms with Crippen molar-refractivity contribution in [2.45, 2.75) is 32.7 Å². The second-order valence-electron chi connectivity index (χ2n) is 6.30. The van der Waals surface area contributed by atoms with Gasteiger partial charge in [0.1, 0.15) is 6.04 Å². The Balaban J connectivity index is 1.62. The van der Waals surface area contributed by atoms with Crippen LogP contribution in [0.2, 0.25) is 0 Å². The number of likely N-dealkylation sites (tertiary alicyclic amines) is 1. The molecule has 1 aromatic rings. The van der Waals surface area contributed by atoms with Gasteiger partial charge in [-0.15, -0.1) is 0 Å². The first kappa shape index (κ1) is 15.4. The van der Waals surface area contributed by atoms with Crippen molar-refractivity contribution in [1.82, 2.24) is 19.9 Å². The Hall–Kier alpha value is -1.47. The molecular weight excluding hydrogens is 284 g/mol. The number of nitrogens with zero attached hydrogens (tertiary/aromatic N) is 4. The molecule has 1 amide bonds. The lowest BCUT2D eigenvalue weighted by Crippen LogP contribution is -2.48. The van der Waals surface area contributed by atoms with E-state index in [1.165, 1.54) is 0 Å². The Bertz CT molecular complexity index is 511. The molecule has 7 heteroatoms. The van der Waals surface area contributed by atoms with Gasteiger partial charge in [0.2, 0.25) is 11.8 Å². The van der Waals surface area contributed by atoms with Crippen molar-refractivity contribution in [3.05, 3.63) is 11.7 Å². The number of carbonyl (C=O) groups is 1. The molecule has 0 aromatic carbocycles. The lowest BCUT2D eigenvalue weighted by molar-refractivity contribution is -0.136. The van der Waals surface area contributed by atoms with Crippen LogP contribution in [-0.4, -0.2) is 65.2 Å². The monoisotopic (exact) mass is 308 g/mol. The molecule has 2 aliphatic rings. The Kier molecular flexibility index (Phi) is 4.73. The van der Waals surface area contributed by atoms with E-state index in [-0.39, 0.29) is 11.9 Å². The van der Waals surface area contributed by atoms with E-state index in [1.807, 2.05) is 4.90 Å². The molecule has 0 saturated carbocycles. The number of hydrogen-bond acceptors (Lipinski definition) is 6. The highest BCUT2D eigenvalue weighted by Gasteiger charge is 2.32. The zero-order valence-corrected chi connectivity index (χ0v) is 13.3. The van der Waals surface area contributed by atoms with Crippen LogP contribution in [0.5, 0.6) is 0 Å². The molecule has 0 N–H and O–H groups in total. The summed E-state index contributed by atoms with van der Waals surface area (Å²) in [4.78, 5) is 20.9. The number of amides is 1. The summed E-state index contributed by atoms with van der Waals surface area (Å²) in [7, 11) is 0. The highest BCUT2D eigenvalue weighted by Crippen LogP contribution is 2.23. The van der Waals surface area contributed by atoms with E-state index in [2.05, 4.69) is 22.0 Å². The Labute approximate surface area is 130 Å². The SMILES string of the molecule is Cc1noc([C@@H]2COCCN2CC(=O)N2CCC(C)CC2)n1. The Morgan fingerprint density at radius 3 is 2.77 bits per heavy atom. The molecule has 2 aliphatic heterocycles. The molecule has 1 aromatic heterocycles. The standard InChI is InChI=1S/C15H24N4O3/c1-11-3-5-18(6-4-11)14(20)9-19-7-8-21-10-13(19)15-16-12(2)17-22-15/h11,13H,3-10H2,1-2H3/t13-/m0/s1. The van der Waals surface area contributed by atoms with Crippen LogP contribution in [0.1, 0.15) is 37.5 Å². The summed E-state index contributed by atoms with van der Waals surface area (Å²) in [6.07, 6.45) is 2.20. The molecule has 2 saturated heterocycles. The van der Waals surface area contributed by atoms with Gasteiger partial charge in [0, 0.05) is 19.6 Å². The van der Waals surface area contributed by atoms with E-state index in [0.29, 0.717) is 38.0 Å². The van der Waals surface area contributed by atoms with Crippen molar-refractivity contribution in [1.29, 1.82) is 0 Å². The van der Waals surface area contributed by atoms with E-state index in [9.17, 15) is 4.79 Å². The van der Waals surface area contributed by atoms with Crippen molar-refractivity contribution in [3.63, 3.8) is 0 Å². The second kappa shape index (κ2) is 6.75. The van der Waals surface area contributed by atoms with E-state index in [1.54, 1.807) is 6.92 Å². The molecule has 22 heavy (non-hydrogen) atoms. The van der Waals surface area contributed by atoms with Gasteiger partial charge in [-0.1, -0.05) is 12.1 Å². The predicted molar refractivity (Wildman–Crippen MR) is 79.1 cm³/mol. The third-order valence-corrected chi connectivity index (χ3v) is 4.54. The topological polar surface area (TPSA) is 71.7 Å². The Morgan fingerprint density at radius 1 is 1.32 bits per heavy atom. The first-order valence-corrected chi connectivity index (χ1v) is 8.03. The molecule has 7 nitrogen and oxygen atoms in total. The first-order valence-electron chi connectivity index (χ1n) is 8.03. The van der Waals surface area contributed by atoms with Crippen molar-refractivity contribution < 1.29 is 14.1 Å². The van der Waals surface area contributed by atoms with Gasteiger partial charge in [0.05, 0.1) is 19.8 Å². The summed E-state index contributed by atoms with van der Waals surface area (Å²) in [5.41, 5.74) is 0. The van der Waals surface area contributed by atoms with E-state index in [0.717, 1.165) is 31.8 Å². The van der Waals surface area contributed by atoms with Gasteiger partial charge in [-0.25, -0.2) is 0 Å². The smallest absolute Gasteiger partial charge is 0.246 e.